The van der Waals surface area contributed by atoms with Crippen molar-refractivity contribution in [3.05, 3.63) is 182 Å². The highest BCUT2D eigenvalue weighted by atomic mass is 16.7. The van der Waals surface area contributed by atoms with Crippen molar-refractivity contribution in [2.24, 2.45) is 0 Å². The van der Waals surface area contributed by atoms with Crippen LogP contribution in [-0.2, 0) is 42.9 Å². The Morgan fingerprint density at radius 3 is 1.14 bits per heavy atom. The molecule has 0 saturated carbocycles. The van der Waals surface area contributed by atoms with Crippen LogP contribution in [0.15, 0.2) is 182 Å². The molecular weight excluding hydrogens is 997 g/mol. The van der Waals surface area contributed by atoms with Crippen LogP contribution in [0.2, 0.25) is 0 Å². The lowest BCUT2D eigenvalue weighted by molar-refractivity contribution is -0.301. The first kappa shape index (κ1) is 70.8. The number of allylic oxidation sites excluding steroid dienone is 29. The first-order chi connectivity index (χ1) is 38.6. The zero-order chi connectivity index (χ0) is 57.5. The number of rotatable bonds is 45. The number of unbranched alkanes of at least 4 members (excludes halogenated alkanes) is 2. The van der Waals surface area contributed by atoms with Crippen molar-refractivity contribution in [3.63, 3.8) is 0 Å². The number of hydrogen-bond acceptors (Lipinski definition) is 11. The number of aliphatic hydroxyl groups is 2. The van der Waals surface area contributed by atoms with Crippen molar-refractivity contribution < 1.29 is 58.2 Å². The molecule has 1 rings (SSSR count). The Morgan fingerprint density at radius 1 is 0.430 bits per heavy atom. The fourth-order valence-corrected chi connectivity index (χ4v) is 7.22. The van der Waals surface area contributed by atoms with Gasteiger partial charge in [-0.05, 0) is 122 Å². The maximum Gasteiger partial charge on any atom is 0.335 e. The van der Waals surface area contributed by atoms with Crippen LogP contribution in [0.3, 0.4) is 0 Å². The third-order valence-corrected chi connectivity index (χ3v) is 11.5. The number of esters is 3. The van der Waals surface area contributed by atoms with Crippen LogP contribution in [0, 0.1) is 0 Å². The minimum Gasteiger partial charge on any atom is -0.479 e. The average Bonchev–Trinajstić information content (AvgIpc) is 3.46. The zero-order valence-electron chi connectivity index (χ0n) is 47.8. The van der Waals surface area contributed by atoms with Gasteiger partial charge in [0.2, 0.25) is 0 Å². The minimum absolute atomic E-state index is 0.0496. The van der Waals surface area contributed by atoms with Gasteiger partial charge < -0.3 is 39.0 Å². The van der Waals surface area contributed by atoms with Crippen molar-refractivity contribution in [1.29, 1.82) is 0 Å². The molecular formula is C67H96O12. The van der Waals surface area contributed by atoms with E-state index >= 15 is 0 Å². The standard InChI is InChI=1S/C67H96O12/c1-4-7-10-13-16-19-22-25-28-30-33-35-38-41-44-47-50-53-59(68)75-56-58(77-60(69)54-51-48-45-42-39-37-34-31-29-26-23-20-17-14-11-8-5-2)57-76-67-65(63(72)62(71)64(79-67)66(73)74)78-61(70)55-52-49-46-43-40-36-32-27-24-21-18-15-12-9-6-3/h7-12,16-21,25-29,32-35,37,40-45,49,52,58,62-65,67,71-72H,4-6,13-15,22-24,30-31,36,38-39,46-48,50-51,53-57H2,1-3H3,(H,73,74)/b10-7-,11-8-,12-9-,19-16-,20-17-,21-18-,28-25-,29-26-,32-27-,35-33-,37-34-,43-40-,44-41-,45-42-,52-49-. The maximum atomic E-state index is 13.1. The number of ether oxygens (including phenoxy) is 5. The molecule has 1 saturated heterocycles. The molecule has 6 unspecified atom stereocenters. The second kappa shape index (κ2) is 52.5. The molecule has 12 heteroatoms. The molecule has 1 aliphatic rings. The average molecular weight is 1090 g/mol. The fraction of sp³-hybridized carbons (Fsp3) is 0.493. The van der Waals surface area contributed by atoms with Crippen molar-refractivity contribution in [2.45, 2.75) is 199 Å². The van der Waals surface area contributed by atoms with Crippen LogP contribution in [0.1, 0.15) is 162 Å². The van der Waals surface area contributed by atoms with Gasteiger partial charge in [0.25, 0.3) is 0 Å². The second-order valence-corrected chi connectivity index (χ2v) is 18.4. The molecule has 0 aromatic heterocycles. The molecule has 436 valence electrons. The number of carbonyl (C=O) groups excluding carboxylic acids is 3. The van der Waals surface area contributed by atoms with Crippen LogP contribution in [0.5, 0.6) is 0 Å². The molecule has 1 heterocycles. The van der Waals surface area contributed by atoms with Crippen LogP contribution in [-0.4, -0.2) is 89.2 Å². The third-order valence-electron chi connectivity index (χ3n) is 11.5. The molecule has 6 atom stereocenters. The monoisotopic (exact) mass is 1090 g/mol. The Kier molecular flexibility index (Phi) is 47.1. The fourth-order valence-electron chi connectivity index (χ4n) is 7.22. The zero-order valence-corrected chi connectivity index (χ0v) is 47.8. The Morgan fingerprint density at radius 2 is 0.772 bits per heavy atom. The van der Waals surface area contributed by atoms with Crippen molar-refractivity contribution in [1.82, 2.24) is 0 Å². The summed E-state index contributed by atoms with van der Waals surface area (Å²) in [5, 5.41) is 31.4. The summed E-state index contributed by atoms with van der Waals surface area (Å²) in [5.41, 5.74) is 0. The van der Waals surface area contributed by atoms with Crippen molar-refractivity contribution in [2.75, 3.05) is 13.2 Å². The normalized spacial score (nSPS) is 19.2. The van der Waals surface area contributed by atoms with Gasteiger partial charge in [-0.2, -0.15) is 0 Å². The smallest absolute Gasteiger partial charge is 0.335 e. The van der Waals surface area contributed by atoms with E-state index in [1.54, 1.807) is 12.2 Å². The number of hydrogen-bond donors (Lipinski definition) is 3. The summed E-state index contributed by atoms with van der Waals surface area (Å²) in [6.07, 6.45) is 67.6. The van der Waals surface area contributed by atoms with E-state index < -0.39 is 73.9 Å². The minimum atomic E-state index is -1.96. The van der Waals surface area contributed by atoms with E-state index in [-0.39, 0.29) is 19.3 Å². The van der Waals surface area contributed by atoms with E-state index in [0.717, 1.165) is 89.9 Å². The van der Waals surface area contributed by atoms with Gasteiger partial charge in [-0.25, -0.2) is 4.79 Å². The van der Waals surface area contributed by atoms with E-state index in [4.69, 9.17) is 23.7 Å². The predicted octanol–water partition coefficient (Wildman–Crippen LogP) is 14.9. The van der Waals surface area contributed by atoms with Crippen LogP contribution >= 0.6 is 0 Å². The summed E-state index contributed by atoms with van der Waals surface area (Å²) < 4.78 is 28.1. The Hall–Kier alpha value is -6.18. The summed E-state index contributed by atoms with van der Waals surface area (Å²) in [5.74, 6) is -3.48. The number of aliphatic carboxylic acids is 1. The van der Waals surface area contributed by atoms with Gasteiger partial charge in [0.1, 0.15) is 18.8 Å². The van der Waals surface area contributed by atoms with Gasteiger partial charge >= 0.3 is 23.9 Å². The molecule has 1 aliphatic heterocycles. The molecule has 0 aliphatic carbocycles. The molecule has 0 radical (unpaired) electrons. The summed E-state index contributed by atoms with van der Waals surface area (Å²) in [6.45, 7) is 5.47. The molecule has 0 aromatic carbocycles. The lowest BCUT2D eigenvalue weighted by Gasteiger charge is -2.40. The SMILES string of the molecule is CC/C=C\C/C=C\C/C=C\C/C=C\C/C=C\CCCC(=O)OCC(COC1OC(C(=O)O)C(O)C(O)C1OC(=O)C/C=C\C/C=C\C/C=C\C/C=C\C/C=C\CC)OC(=O)CCC/C=C\C/C=C\C/C=C\C/C=C\C/C=C\CC. The molecule has 0 bridgehead atoms. The summed E-state index contributed by atoms with van der Waals surface area (Å²) in [4.78, 5) is 51.0. The van der Waals surface area contributed by atoms with Gasteiger partial charge in [0.05, 0.1) is 13.0 Å². The maximum absolute atomic E-state index is 13.1. The van der Waals surface area contributed by atoms with E-state index in [1.165, 1.54) is 0 Å². The van der Waals surface area contributed by atoms with E-state index in [2.05, 4.69) is 154 Å². The number of carbonyl (C=O) groups is 4. The summed E-state index contributed by atoms with van der Waals surface area (Å²) >= 11 is 0. The number of aliphatic hydroxyl groups excluding tert-OH is 2. The largest absolute Gasteiger partial charge is 0.479 e. The molecule has 0 aromatic rings. The predicted molar refractivity (Wildman–Crippen MR) is 321 cm³/mol. The van der Waals surface area contributed by atoms with E-state index in [9.17, 15) is 34.5 Å². The van der Waals surface area contributed by atoms with Crippen molar-refractivity contribution in [3.8, 4) is 0 Å². The molecule has 0 amide bonds. The third kappa shape index (κ3) is 42.4. The first-order valence-corrected chi connectivity index (χ1v) is 28.8. The Bertz CT molecular complexity index is 2070. The van der Waals surface area contributed by atoms with Crippen molar-refractivity contribution >= 4 is 23.9 Å². The Balaban J connectivity index is 2.85. The van der Waals surface area contributed by atoms with E-state index in [1.807, 2.05) is 36.5 Å². The van der Waals surface area contributed by atoms with Gasteiger partial charge in [-0.3, -0.25) is 14.4 Å². The quantitative estimate of drug-likeness (QED) is 0.0228. The number of carboxylic acids is 1. The molecule has 79 heavy (non-hydrogen) atoms. The highest BCUT2D eigenvalue weighted by Crippen LogP contribution is 2.26. The number of carboxylic acid groups (broad SMARTS) is 1. The highest BCUT2D eigenvalue weighted by Gasteiger charge is 2.50. The van der Waals surface area contributed by atoms with Gasteiger partial charge in [0, 0.05) is 12.8 Å². The molecule has 1 fully saturated rings. The topological polar surface area (TPSA) is 175 Å². The second-order valence-electron chi connectivity index (χ2n) is 18.4. The lowest BCUT2D eigenvalue weighted by Crippen LogP contribution is -2.61. The highest BCUT2D eigenvalue weighted by molar-refractivity contribution is 5.74. The lowest BCUT2D eigenvalue weighted by atomic mass is 9.98. The van der Waals surface area contributed by atoms with E-state index in [0.29, 0.717) is 32.1 Å². The first-order valence-electron chi connectivity index (χ1n) is 28.8. The van der Waals surface area contributed by atoms with Gasteiger partial charge in [0.15, 0.2) is 24.6 Å². The Labute approximate surface area is 474 Å². The van der Waals surface area contributed by atoms with Crippen LogP contribution in [0.25, 0.3) is 0 Å². The molecule has 12 nitrogen and oxygen atoms in total. The summed E-state index contributed by atoms with van der Waals surface area (Å²) in [6, 6.07) is 0. The summed E-state index contributed by atoms with van der Waals surface area (Å²) in [7, 11) is 0. The molecule has 3 N–H and O–H groups in total. The molecule has 0 spiro atoms. The van der Waals surface area contributed by atoms with Gasteiger partial charge in [-0.15, -0.1) is 0 Å². The van der Waals surface area contributed by atoms with Crippen LogP contribution in [0.4, 0.5) is 0 Å². The van der Waals surface area contributed by atoms with Crippen LogP contribution < -0.4 is 0 Å². The van der Waals surface area contributed by atoms with Gasteiger partial charge in [-0.1, -0.05) is 203 Å².